The number of hydrogen-bond donors (Lipinski definition) is 1. The van der Waals surface area contributed by atoms with E-state index in [0.717, 1.165) is 26.1 Å². The third-order valence-electron chi connectivity index (χ3n) is 3.03. The molecule has 1 amide bonds. The highest BCUT2D eigenvalue weighted by Gasteiger charge is 2.16. The van der Waals surface area contributed by atoms with Gasteiger partial charge in [-0.1, -0.05) is 6.07 Å². The first kappa shape index (κ1) is 14.6. The van der Waals surface area contributed by atoms with E-state index >= 15 is 0 Å². The zero-order valence-corrected chi connectivity index (χ0v) is 11.5. The van der Waals surface area contributed by atoms with E-state index in [0.29, 0.717) is 0 Å². The molecule has 1 rings (SSSR count). The molecule has 0 saturated carbocycles. The average Bonchev–Trinajstić information content (AvgIpc) is 2.41. The fraction of sp³-hybridized carbons (Fsp3) is 0.571. The molecule has 18 heavy (non-hydrogen) atoms. The zero-order valence-electron chi connectivity index (χ0n) is 11.5. The molecule has 0 saturated heterocycles. The van der Waals surface area contributed by atoms with Crippen LogP contribution in [0.15, 0.2) is 24.5 Å². The van der Waals surface area contributed by atoms with Crippen LogP contribution in [-0.4, -0.2) is 41.5 Å². The molecule has 1 aromatic heterocycles. The summed E-state index contributed by atoms with van der Waals surface area (Å²) in [5, 5.41) is 3.26. The summed E-state index contributed by atoms with van der Waals surface area (Å²) in [5.74, 6) is 0.172. The molecular formula is C14H23N3O. The highest BCUT2D eigenvalue weighted by atomic mass is 16.2. The highest BCUT2D eigenvalue weighted by molar-refractivity contribution is 5.81. The first-order chi connectivity index (χ1) is 8.69. The molecule has 4 heteroatoms. The Balaban J connectivity index is 2.33. The second-order valence-corrected chi connectivity index (χ2v) is 4.30. The molecule has 0 spiro atoms. The monoisotopic (exact) mass is 249 g/mol. The number of carbonyl (C=O) groups excluding carboxylic acids is 1. The largest absolute Gasteiger partial charge is 0.342 e. The Labute approximate surface area is 109 Å². The van der Waals surface area contributed by atoms with E-state index in [4.69, 9.17) is 0 Å². The maximum Gasteiger partial charge on any atom is 0.239 e. The van der Waals surface area contributed by atoms with Crippen molar-refractivity contribution in [3.8, 4) is 0 Å². The van der Waals surface area contributed by atoms with E-state index in [1.54, 1.807) is 6.20 Å². The van der Waals surface area contributed by atoms with Crippen LogP contribution >= 0.6 is 0 Å². The second-order valence-electron chi connectivity index (χ2n) is 4.30. The van der Waals surface area contributed by atoms with Gasteiger partial charge in [-0.25, -0.2) is 0 Å². The number of rotatable bonds is 7. The first-order valence-corrected chi connectivity index (χ1v) is 6.60. The normalized spacial score (nSPS) is 12.2. The minimum absolute atomic E-state index is 0.124. The van der Waals surface area contributed by atoms with Crippen LogP contribution in [-0.2, 0) is 11.2 Å². The maximum absolute atomic E-state index is 12.0. The van der Waals surface area contributed by atoms with Gasteiger partial charge in [0.2, 0.25) is 5.91 Å². The number of nitrogens with one attached hydrogen (secondary N) is 1. The van der Waals surface area contributed by atoms with E-state index in [-0.39, 0.29) is 11.9 Å². The van der Waals surface area contributed by atoms with Gasteiger partial charge in [0.15, 0.2) is 0 Å². The van der Waals surface area contributed by atoms with Crippen LogP contribution in [0.3, 0.4) is 0 Å². The molecule has 100 valence electrons. The predicted molar refractivity (Wildman–Crippen MR) is 73.3 cm³/mol. The Kier molecular flexibility index (Phi) is 6.36. The molecule has 1 aromatic rings. The third kappa shape index (κ3) is 4.45. The molecule has 0 radical (unpaired) electrons. The van der Waals surface area contributed by atoms with E-state index < -0.39 is 0 Å². The number of amides is 1. The van der Waals surface area contributed by atoms with Crippen LogP contribution in [0.5, 0.6) is 0 Å². The van der Waals surface area contributed by atoms with Crippen LogP contribution in [0.25, 0.3) is 0 Å². The van der Waals surface area contributed by atoms with Gasteiger partial charge in [-0.05, 0) is 45.4 Å². The number of carbonyl (C=O) groups is 1. The molecule has 0 fully saturated rings. The van der Waals surface area contributed by atoms with Crippen molar-refractivity contribution in [2.75, 3.05) is 19.6 Å². The quantitative estimate of drug-likeness (QED) is 0.796. The van der Waals surface area contributed by atoms with Gasteiger partial charge < -0.3 is 10.2 Å². The topological polar surface area (TPSA) is 45.2 Å². The van der Waals surface area contributed by atoms with Gasteiger partial charge in [-0.2, -0.15) is 0 Å². The molecule has 1 heterocycles. The standard InChI is InChI=1S/C14H23N3O/c1-4-17(5-2)14(18)12(3)16-10-8-13-7-6-9-15-11-13/h6-7,9,11-12,16H,4-5,8,10H2,1-3H3. The summed E-state index contributed by atoms with van der Waals surface area (Å²) >= 11 is 0. The molecule has 0 aliphatic heterocycles. The SMILES string of the molecule is CCN(CC)C(=O)C(C)NCCc1cccnc1. The third-order valence-corrected chi connectivity index (χ3v) is 3.03. The summed E-state index contributed by atoms with van der Waals surface area (Å²) in [5.41, 5.74) is 1.19. The lowest BCUT2D eigenvalue weighted by atomic mass is 10.2. The van der Waals surface area contributed by atoms with Crippen molar-refractivity contribution >= 4 is 5.91 Å². The minimum Gasteiger partial charge on any atom is -0.342 e. The van der Waals surface area contributed by atoms with Crippen molar-refractivity contribution < 1.29 is 4.79 Å². The molecule has 0 aliphatic rings. The van der Waals surface area contributed by atoms with Gasteiger partial charge in [0.1, 0.15) is 0 Å². The van der Waals surface area contributed by atoms with Gasteiger partial charge in [-0.15, -0.1) is 0 Å². The van der Waals surface area contributed by atoms with Crippen molar-refractivity contribution in [1.29, 1.82) is 0 Å². The minimum atomic E-state index is -0.124. The Morgan fingerprint density at radius 2 is 2.17 bits per heavy atom. The zero-order chi connectivity index (χ0) is 13.4. The van der Waals surface area contributed by atoms with Crippen LogP contribution in [0.2, 0.25) is 0 Å². The fourth-order valence-electron chi connectivity index (χ4n) is 1.88. The summed E-state index contributed by atoms with van der Waals surface area (Å²) in [7, 11) is 0. The maximum atomic E-state index is 12.0. The molecule has 0 aromatic carbocycles. The van der Waals surface area contributed by atoms with Crippen molar-refractivity contribution in [3.63, 3.8) is 0 Å². The number of aromatic nitrogens is 1. The Morgan fingerprint density at radius 3 is 2.72 bits per heavy atom. The van der Waals surface area contributed by atoms with Crippen LogP contribution in [0, 0.1) is 0 Å². The summed E-state index contributed by atoms with van der Waals surface area (Å²) in [6.07, 6.45) is 4.52. The van der Waals surface area contributed by atoms with Crippen molar-refractivity contribution in [1.82, 2.24) is 15.2 Å². The average molecular weight is 249 g/mol. The number of nitrogens with zero attached hydrogens (tertiary/aromatic N) is 2. The van der Waals surface area contributed by atoms with E-state index in [2.05, 4.69) is 10.3 Å². The van der Waals surface area contributed by atoms with Crippen LogP contribution < -0.4 is 5.32 Å². The van der Waals surface area contributed by atoms with Gasteiger partial charge in [0, 0.05) is 25.5 Å². The number of pyridine rings is 1. The van der Waals surface area contributed by atoms with Crippen LogP contribution in [0.1, 0.15) is 26.3 Å². The van der Waals surface area contributed by atoms with E-state index in [1.165, 1.54) is 5.56 Å². The van der Waals surface area contributed by atoms with E-state index in [1.807, 2.05) is 44.0 Å². The molecule has 1 atom stereocenters. The van der Waals surface area contributed by atoms with Gasteiger partial charge in [-0.3, -0.25) is 9.78 Å². The summed E-state index contributed by atoms with van der Waals surface area (Å²) in [6, 6.07) is 3.85. The molecule has 1 unspecified atom stereocenters. The predicted octanol–water partition coefficient (Wildman–Crippen LogP) is 1.47. The van der Waals surface area contributed by atoms with E-state index in [9.17, 15) is 4.79 Å². The van der Waals surface area contributed by atoms with Gasteiger partial charge >= 0.3 is 0 Å². The lowest BCUT2D eigenvalue weighted by Gasteiger charge is -2.23. The second kappa shape index (κ2) is 7.82. The molecule has 1 N–H and O–H groups in total. The molecular weight excluding hydrogens is 226 g/mol. The smallest absolute Gasteiger partial charge is 0.239 e. The first-order valence-electron chi connectivity index (χ1n) is 6.60. The Bertz CT molecular complexity index is 349. The molecule has 0 bridgehead atoms. The van der Waals surface area contributed by atoms with Gasteiger partial charge in [0.25, 0.3) is 0 Å². The van der Waals surface area contributed by atoms with Gasteiger partial charge in [0.05, 0.1) is 6.04 Å². The lowest BCUT2D eigenvalue weighted by Crippen LogP contribution is -2.45. The summed E-state index contributed by atoms with van der Waals surface area (Å²) in [6.45, 7) is 8.26. The van der Waals surface area contributed by atoms with Crippen molar-refractivity contribution in [2.24, 2.45) is 0 Å². The highest BCUT2D eigenvalue weighted by Crippen LogP contribution is 1.98. The fourth-order valence-corrected chi connectivity index (χ4v) is 1.88. The number of likely N-dealkylation sites (N-methyl/N-ethyl adjacent to an activating group) is 1. The number of hydrogen-bond acceptors (Lipinski definition) is 3. The summed E-state index contributed by atoms with van der Waals surface area (Å²) in [4.78, 5) is 17.9. The Hall–Kier alpha value is -1.42. The molecule has 4 nitrogen and oxygen atoms in total. The summed E-state index contributed by atoms with van der Waals surface area (Å²) < 4.78 is 0. The lowest BCUT2D eigenvalue weighted by molar-refractivity contribution is -0.132. The van der Waals surface area contributed by atoms with Crippen molar-refractivity contribution in [3.05, 3.63) is 30.1 Å². The van der Waals surface area contributed by atoms with Crippen molar-refractivity contribution in [2.45, 2.75) is 33.2 Å². The molecule has 0 aliphatic carbocycles. The Morgan fingerprint density at radius 1 is 1.44 bits per heavy atom. The van der Waals surface area contributed by atoms with Crippen LogP contribution in [0.4, 0.5) is 0 Å².